The predicted octanol–water partition coefficient (Wildman–Crippen LogP) is 7.22. The number of esters is 1. The highest BCUT2D eigenvalue weighted by Crippen LogP contribution is 2.37. The molecule has 0 atom stereocenters. The number of benzene rings is 2. The van der Waals surface area contributed by atoms with Gasteiger partial charge in [-0.2, -0.15) is 5.10 Å². The van der Waals surface area contributed by atoms with Gasteiger partial charge in [-0.15, -0.1) is 0 Å². The molecule has 0 spiro atoms. The first kappa shape index (κ1) is 28.0. The van der Waals surface area contributed by atoms with Crippen LogP contribution < -0.4 is 0 Å². The van der Waals surface area contributed by atoms with E-state index in [1.807, 2.05) is 51.1 Å². The maximum absolute atomic E-state index is 14.2. The largest absolute Gasteiger partial charge is 0.458 e. The number of carbonyl (C=O) groups excluding carboxylic acids is 1. The van der Waals surface area contributed by atoms with Crippen molar-refractivity contribution in [2.75, 3.05) is 13.2 Å². The summed E-state index contributed by atoms with van der Waals surface area (Å²) in [5.74, 6) is -1.18. The van der Waals surface area contributed by atoms with E-state index in [1.54, 1.807) is 6.07 Å². The lowest BCUT2D eigenvalue weighted by Crippen LogP contribution is -2.28. The average Bonchev–Trinajstić information content (AvgIpc) is 3.24. The van der Waals surface area contributed by atoms with Crippen molar-refractivity contribution in [1.29, 1.82) is 0 Å². The van der Waals surface area contributed by atoms with Crippen molar-refractivity contribution in [3.63, 3.8) is 0 Å². The van der Waals surface area contributed by atoms with Crippen molar-refractivity contribution in [1.82, 2.24) is 9.78 Å². The SMILES string of the molecule is CCc1c(-c2ccccc2)c(-c2ccc(F)c(F)c2)nn1CC1CCC(COCC(=O)OC(C)(C)C)CC1. The van der Waals surface area contributed by atoms with E-state index in [1.165, 1.54) is 6.07 Å². The molecule has 3 aromatic rings. The number of aromatic nitrogens is 2. The molecule has 0 bridgehead atoms. The van der Waals surface area contributed by atoms with Gasteiger partial charge in [-0.1, -0.05) is 37.3 Å². The van der Waals surface area contributed by atoms with Crippen LogP contribution in [0.1, 0.15) is 59.1 Å². The second-order valence-corrected chi connectivity index (χ2v) is 11.2. The van der Waals surface area contributed by atoms with Gasteiger partial charge < -0.3 is 9.47 Å². The topological polar surface area (TPSA) is 53.4 Å². The Morgan fingerprint density at radius 1 is 0.974 bits per heavy atom. The zero-order chi connectivity index (χ0) is 27.3. The molecule has 7 heteroatoms. The molecule has 1 fully saturated rings. The molecule has 0 saturated heterocycles. The van der Waals surface area contributed by atoms with Crippen molar-refractivity contribution in [2.45, 2.75) is 71.9 Å². The molecule has 1 aliphatic rings. The number of ether oxygens (including phenoxy) is 2. The Balaban J connectivity index is 1.45. The minimum Gasteiger partial charge on any atom is -0.458 e. The number of halogens is 2. The summed E-state index contributed by atoms with van der Waals surface area (Å²) in [6.07, 6.45) is 4.93. The number of nitrogens with zero attached hydrogens (tertiary/aromatic N) is 2. The van der Waals surface area contributed by atoms with Gasteiger partial charge in [0.15, 0.2) is 11.6 Å². The Morgan fingerprint density at radius 3 is 2.29 bits per heavy atom. The van der Waals surface area contributed by atoms with Gasteiger partial charge in [0, 0.05) is 23.4 Å². The molecule has 4 rings (SSSR count). The third kappa shape index (κ3) is 7.07. The zero-order valence-electron chi connectivity index (χ0n) is 22.8. The Kier molecular flexibility index (Phi) is 8.98. The van der Waals surface area contributed by atoms with Gasteiger partial charge in [0.1, 0.15) is 17.9 Å². The number of rotatable bonds is 9. The van der Waals surface area contributed by atoms with Crippen molar-refractivity contribution in [3.05, 3.63) is 65.9 Å². The number of carbonyl (C=O) groups is 1. The van der Waals surface area contributed by atoms with Crippen LogP contribution in [0.15, 0.2) is 48.5 Å². The van der Waals surface area contributed by atoms with Crippen molar-refractivity contribution >= 4 is 5.97 Å². The van der Waals surface area contributed by atoms with Gasteiger partial charge >= 0.3 is 5.97 Å². The fourth-order valence-electron chi connectivity index (χ4n) is 5.27. The number of hydrogen-bond donors (Lipinski definition) is 0. The first-order chi connectivity index (χ1) is 18.1. The molecule has 204 valence electrons. The van der Waals surface area contributed by atoms with Gasteiger partial charge in [0.05, 0.1) is 6.61 Å². The molecule has 0 amide bonds. The quantitative estimate of drug-likeness (QED) is 0.277. The van der Waals surface area contributed by atoms with Crippen LogP contribution in [0.4, 0.5) is 8.78 Å². The van der Waals surface area contributed by atoms with Gasteiger partial charge in [-0.05, 0) is 88.5 Å². The molecular weight excluding hydrogens is 486 g/mol. The van der Waals surface area contributed by atoms with E-state index in [0.717, 1.165) is 61.5 Å². The van der Waals surface area contributed by atoms with Crippen LogP contribution in [-0.2, 0) is 27.2 Å². The van der Waals surface area contributed by atoms with Crippen LogP contribution in [0, 0.1) is 23.5 Å². The Labute approximate surface area is 224 Å². The van der Waals surface area contributed by atoms with E-state index in [4.69, 9.17) is 14.6 Å². The lowest BCUT2D eigenvalue weighted by atomic mass is 9.82. The Morgan fingerprint density at radius 2 is 1.66 bits per heavy atom. The molecule has 38 heavy (non-hydrogen) atoms. The molecule has 2 aromatic carbocycles. The fourth-order valence-corrected chi connectivity index (χ4v) is 5.27. The van der Waals surface area contributed by atoms with Crippen molar-refractivity contribution in [2.24, 2.45) is 11.8 Å². The summed E-state index contributed by atoms with van der Waals surface area (Å²) >= 11 is 0. The van der Waals surface area contributed by atoms with Crippen LogP contribution in [0.2, 0.25) is 0 Å². The normalized spacial score (nSPS) is 17.9. The minimum absolute atomic E-state index is 0.0145. The van der Waals surface area contributed by atoms with E-state index in [2.05, 4.69) is 11.6 Å². The highest BCUT2D eigenvalue weighted by molar-refractivity contribution is 5.82. The van der Waals surface area contributed by atoms with Crippen LogP contribution in [-0.4, -0.2) is 34.6 Å². The molecule has 5 nitrogen and oxygen atoms in total. The highest BCUT2D eigenvalue weighted by atomic mass is 19.2. The fraction of sp³-hybridized carbons (Fsp3) is 0.484. The summed E-state index contributed by atoms with van der Waals surface area (Å²) in [7, 11) is 0. The van der Waals surface area contributed by atoms with E-state index < -0.39 is 17.2 Å². The van der Waals surface area contributed by atoms with Crippen LogP contribution in [0.5, 0.6) is 0 Å². The smallest absolute Gasteiger partial charge is 0.332 e. The van der Waals surface area contributed by atoms with E-state index in [-0.39, 0.29) is 12.6 Å². The maximum atomic E-state index is 14.2. The number of hydrogen-bond acceptors (Lipinski definition) is 4. The molecule has 1 aromatic heterocycles. The summed E-state index contributed by atoms with van der Waals surface area (Å²) in [4.78, 5) is 11.9. The standard InChI is InChI=1S/C31H38F2N2O3/c1-5-27-29(23-9-7-6-8-10-23)30(24-15-16-25(32)26(33)17-24)34-35(27)18-21-11-13-22(14-12-21)19-37-20-28(36)38-31(2,3)4/h6-10,15-17,21-22H,5,11-14,18-20H2,1-4H3. The second kappa shape index (κ2) is 12.2. The van der Waals surface area contributed by atoms with Gasteiger partial charge in [0.25, 0.3) is 0 Å². The summed E-state index contributed by atoms with van der Waals surface area (Å²) in [5, 5.41) is 4.96. The predicted molar refractivity (Wildman–Crippen MR) is 145 cm³/mol. The first-order valence-corrected chi connectivity index (χ1v) is 13.5. The lowest BCUT2D eigenvalue weighted by molar-refractivity contribution is -0.160. The zero-order valence-corrected chi connectivity index (χ0v) is 22.8. The summed E-state index contributed by atoms with van der Waals surface area (Å²) in [6.45, 7) is 8.97. The third-order valence-corrected chi connectivity index (χ3v) is 7.04. The molecule has 0 N–H and O–H groups in total. The average molecular weight is 525 g/mol. The lowest BCUT2D eigenvalue weighted by Gasteiger charge is -2.28. The molecule has 0 unspecified atom stereocenters. The Bertz CT molecular complexity index is 1230. The van der Waals surface area contributed by atoms with Gasteiger partial charge in [-0.3, -0.25) is 4.68 Å². The molecule has 1 saturated carbocycles. The summed E-state index contributed by atoms with van der Waals surface area (Å²) in [5.41, 5.74) is 3.83. The summed E-state index contributed by atoms with van der Waals surface area (Å²) < 4.78 is 40.9. The van der Waals surface area contributed by atoms with Crippen molar-refractivity contribution in [3.8, 4) is 22.4 Å². The second-order valence-electron chi connectivity index (χ2n) is 11.2. The molecule has 0 radical (unpaired) electrons. The highest BCUT2D eigenvalue weighted by Gasteiger charge is 2.26. The minimum atomic E-state index is -0.874. The molecular formula is C31H38F2N2O3. The van der Waals surface area contributed by atoms with Gasteiger partial charge in [0.2, 0.25) is 0 Å². The maximum Gasteiger partial charge on any atom is 0.332 e. The third-order valence-electron chi connectivity index (χ3n) is 7.04. The van der Waals surface area contributed by atoms with Crippen LogP contribution in [0.25, 0.3) is 22.4 Å². The first-order valence-electron chi connectivity index (χ1n) is 13.5. The van der Waals surface area contributed by atoms with E-state index in [9.17, 15) is 13.6 Å². The molecule has 1 aliphatic carbocycles. The van der Waals surface area contributed by atoms with Gasteiger partial charge in [-0.25, -0.2) is 13.6 Å². The van der Waals surface area contributed by atoms with E-state index >= 15 is 0 Å². The monoisotopic (exact) mass is 524 g/mol. The summed E-state index contributed by atoms with van der Waals surface area (Å²) in [6, 6.07) is 14.0. The molecule has 1 heterocycles. The Hall–Kier alpha value is -3.06. The van der Waals surface area contributed by atoms with Crippen LogP contribution >= 0.6 is 0 Å². The van der Waals surface area contributed by atoms with Crippen LogP contribution in [0.3, 0.4) is 0 Å². The van der Waals surface area contributed by atoms with E-state index in [0.29, 0.717) is 29.7 Å². The molecule has 0 aliphatic heterocycles. The van der Waals surface area contributed by atoms with Crippen molar-refractivity contribution < 1.29 is 23.0 Å².